The molecule has 0 saturated heterocycles. The summed E-state index contributed by atoms with van der Waals surface area (Å²) in [6.07, 6.45) is 1.89. The van der Waals surface area contributed by atoms with Crippen molar-refractivity contribution in [2.24, 2.45) is 11.1 Å². The average molecular weight is 247 g/mol. The van der Waals surface area contributed by atoms with E-state index in [0.29, 0.717) is 13.2 Å². The summed E-state index contributed by atoms with van der Waals surface area (Å²) >= 11 is 0. The lowest BCUT2D eigenvalue weighted by Gasteiger charge is -2.33. The maximum absolute atomic E-state index is 9.25. The average Bonchev–Trinajstić information content (AvgIpc) is 2.26. The summed E-state index contributed by atoms with van der Waals surface area (Å²) in [5.74, 6) is 0. The topological polar surface area (TPSA) is 64.7 Å². The van der Waals surface area contributed by atoms with E-state index in [1.807, 2.05) is 20.8 Å². The van der Waals surface area contributed by atoms with Crippen molar-refractivity contribution >= 4 is 0 Å². The van der Waals surface area contributed by atoms with Gasteiger partial charge in [0.15, 0.2) is 0 Å². The van der Waals surface area contributed by atoms with Crippen LogP contribution < -0.4 is 5.73 Å². The molecular weight excluding hydrogens is 218 g/mol. The van der Waals surface area contributed by atoms with E-state index in [-0.39, 0.29) is 24.2 Å². The van der Waals surface area contributed by atoms with Crippen LogP contribution in [0.4, 0.5) is 0 Å². The summed E-state index contributed by atoms with van der Waals surface area (Å²) in [5, 5.41) is 9.25. The van der Waals surface area contributed by atoms with E-state index in [2.05, 4.69) is 6.92 Å². The third-order valence-electron chi connectivity index (χ3n) is 2.78. The van der Waals surface area contributed by atoms with Crippen molar-refractivity contribution in [3.63, 3.8) is 0 Å². The van der Waals surface area contributed by atoms with Gasteiger partial charge in [-0.25, -0.2) is 0 Å². The third kappa shape index (κ3) is 7.71. The smallest absolute Gasteiger partial charge is 0.0962 e. The van der Waals surface area contributed by atoms with Crippen LogP contribution in [0.2, 0.25) is 0 Å². The van der Waals surface area contributed by atoms with Gasteiger partial charge in [-0.05, 0) is 11.8 Å². The SMILES string of the molecule is CCCCOCCOC(CO)C(N)C(C)(C)C. The highest BCUT2D eigenvalue weighted by atomic mass is 16.5. The minimum absolute atomic E-state index is 0.0482. The fourth-order valence-corrected chi connectivity index (χ4v) is 1.43. The predicted octanol–water partition coefficient (Wildman–Crippen LogP) is 1.55. The van der Waals surface area contributed by atoms with Gasteiger partial charge >= 0.3 is 0 Å². The molecule has 0 saturated carbocycles. The Labute approximate surface area is 105 Å². The van der Waals surface area contributed by atoms with Crippen molar-refractivity contribution in [3.05, 3.63) is 0 Å². The number of nitrogens with two attached hydrogens (primary N) is 1. The van der Waals surface area contributed by atoms with Crippen LogP contribution in [0.3, 0.4) is 0 Å². The van der Waals surface area contributed by atoms with E-state index in [1.165, 1.54) is 0 Å². The molecule has 0 fully saturated rings. The zero-order valence-corrected chi connectivity index (χ0v) is 11.7. The fourth-order valence-electron chi connectivity index (χ4n) is 1.43. The zero-order chi connectivity index (χ0) is 13.3. The van der Waals surface area contributed by atoms with E-state index >= 15 is 0 Å². The van der Waals surface area contributed by atoms with E-state index in [9.17, 15) is 5.11 Å². The first-order valence-corrected chi connectivity index (χ1v) is 6.49. The standard InChI is InChI=1S/C13H29NO3/c1-5-6-7-16-8-9-17-11(10-15)12(14)13(2,3)4/h11-12,15H,5-10,14H2,1-4H3. The second kappa shape index (κ2) is 8.86. The maximum atomic E-state index is 9.25. The van der Waals surface area contributed by atoms with Crippen molar-refractivity contribution in [3.8, 4) is 0 Å². The van der Waals surface area contributed by atoms with Crippen LogP contribution in [0.5, 0.6) is 0 Å². The van der Waals surface area contributed by atoms with Crippen LogP contribution in [0, 0.1) is 5.41 Å². The summed E-state index contributed by atoms with van der Waals surface area (Å²) in [6.45, 7) is 10.0. The van der Waals surface area contributed by atoms with Crippen LogP contribution in [-0.4, -0.2) is 43.7 Å². The summed E-state index contributed by atoms with van der Waals surface area (Å²) < 4.78 is 10.9. The van der Waals surface area contributed by atoms with E-state index in [1.54, 1.807) is 0 Å². The Morgan fingerprint density at radius 2 is 1.82 bits per heavy atom. The van der Waals surface area contributed by atoms with Crippen LogP contribution in [0.25, 0.3) is 0 Å². The second-order valence-corrected chi connectivity index (χ2v) is 5.45. The largest absolute Gasteiger partial charge is 0.394 e. The molecule has 0 rings (SSSR count). The lowest BCUT2D eigenvalue weighted by atomic mass is 9.84. The Morgan fingerprint density at radius 3 is 2.29 bits per heavy atom. The maximum Gasteiger partial charge on any atom is 0.0962 e. The Morgan fingerprint density at radius 1 is 1.18 bits per heavy atom. The van der Waals surface area contributed by atoms with Crippen LogP contribution in [-0.2, 0) is 9.47 Å². The number of rotatable bonds is 9. The zero-order valence-electron chi connectivity index (χ0n) is 11.7. The lowest BCUT2D eigenvalue weighted by molar-refractivity contribution is -0.0463. The lowest BCUT2D eigenvalue weighted by Crippen LogP contribution is -2.48. The minimum Gasteiger partial charge on any atom is -0.394 e. The third-order valence-corrected chi connectivity index (χ3v) is 2.78. The number of unbranched alkanes of at least 4 members (excludes halogenated alkanes) is 1. The molecular formula is C13H29NO3. The van der Waals surface area contributed by atoms with Crippen molar-refractivity contribution in [2.75, 3.05) is 26.4 Å². The number of ether oxygens (including phenoxy) is 2. The first-order chi connectivity index (χ1) is 7.93. The number of hydrogen-bond donors (Lipinski definition) is 2. The highest BCUT2D eigenvalue weighted by molar-refractivity contribution is 4.84. The van der Waals surface area contributed by atoms with Gasteiger partial charge in [0.05, 0.1) is 25.9 Å². The summed E-state index contributed by atoms with van der Waals surface area (Å²) in [6, 6.07) is -0.178. The molecule has 17 heavy (non-hydrogen) atoms. The number of hydrogen-bond acceptors (Lipinski definition) is 4. The summed E-state index contributed by atoms with van der Waals surface area (Å²) in [5.41, 5.74) is 5.97. The Balaban J connectivity index is 3.75. The summed E-state index contributed by atoms with van der Waals surface area (Å²) in [4.78, 5) is 0. The molecule has 0 spiro atoms. The van der Waals surface area contributed by atoms with Gasteiger partial charge in [-0.2, -0.15) is 0 Å². The van der Waals surface area contributed by atoms with E-state index in [0.717, 1.165) is 19.4 Å². The number of aliphatic hydroxyl groups excluding tert-OH is 1. The molecule has 4 nitrogen and oxygen atoms in total. The quantitative estimate of drug-likeness (QED) is 0.607. The monoisotopic (exact) mass is 247 g/mol. The molecule has 0 aliphatic carbocycles. The highest BCUT2D eigenvalue weighted by Crippen LogP contribution is 2.21. The van der Waals surface area contributed by atoms with E-state index in [4.69, 9.17) is 15.2 Å². The van der Waals surface area contributed by atoms with Crippen LogP contribution in [0.1, 0.15) is 40.5 Å². The van der Waals surface area contributed by atoms with Gasteiger partial charge in [0.2, 0.25) is 0 Å². The van der Waals surface area contributed by atoms with Crippen LogP contribution in [0.15, 0.2) is 0 Å². The minimum atomic E-state index is -0.315. The Hall–Kier alpha value is -0.160. The van der Waals surface area contributed by atoms with Gasteiger partial charge in [-0.3, -0.25) is 0 Å². The number of aliphatic hydroxyl groups is 1. The molecule has 0 bridgehead atoms. The first-order valence-electron chi connectivity index (χ1n) is 6.49. The van der Waals surface area contributed by atoms with Crippen LogP contribution >= 0.6 is 0 Å². The van der Waals surface area contributed by atoms with Crippen molar-refractivity contribution in [2.45, 2.75) is 52.7 Å². The fraction of sp³-hybridized carbons (Fsp3) is 1.00. The second-order valence-electron chi connectivity index (χ2n) is 5.45. The molecule has 0 heterocycles. The molecule has 2 atom stereocenters. The first kappa shape index (κ1) is 16.8. The molecule has 0 aliphatic heterocycles. The molecule has 0 amide bonds. The molecule has 4 heteroatoms. The highest BCUT2D eigenvalue weighted by Gasteiger charge is 2.29. The summed E-state index contributed by atoms with van der Waals surface area (Å²) in [7, 11) is 0. The van der Waals surface area contributed by atoms with Crippen molar-refractivity contribution < 1.29 is 14.6 Å². The Kier molecular flexibility index (Phi) is 8.78. The molecule has 0 aromatic carbocycles. The molecule has 0 aliphatic rings. The van der Waals surface area contributed by atoms with Gasteiger partial charge in [-0.15, -0.1) is 0 Å². The van der Waals surface area contributed by atoms with Gasteiger partial charge in [0.25, 0.3) is 0 Å². The Bertz CT molecular complexity index is 180. The normalized spacial score (nSPS) is 15.9. The predicted molar refractivity (Wildman–Crippen MR) is 70.0 cm³/mol. The van der Waals surface area contributed by atoms with Gasteiger partial charge in [0.1, 0.15) is 0 Å². The van der Waals surface area contributed by atoms with E-state index < -0.39 is 0 Å². The van der Waals surface area contributed by atoms with Crippen molar-refractivity contribution in [1.82, 2.24) is 0 Å². The van der Waals surface area contributed by atoms with Gasteiger partial charge in [-0.1, -0.05) is 34.1 Å². The molecule has 0 aromatic rings. The van der Waals surface area contributed by atoms with Gasteiger partial charge in [0, 0.05) is 12.6 Å². The molecule has 2 unspecified atom stereocenters. The van der Waals surface area contributed by atoms with Gasteiger partial charge < -0.3 is 20.3 Å². The molecule has 3 N–H and O–H groups in total. The molecule has 0 aromatic heterocycles. The van der Waals surface area contributed by atoms with Crippen molar-refractivity contribution in [1.29, 1.82) is 0 Å². The molecule has 0 radical (unpaired) electrons. The molecule has 104 valence electrons.